The molecule has 0 bridgehead atoms. The third kappa shape index (κ3) is 7.32. The molecule has 5 N–H and O–H groups in total. The van der Waals surface area contributed by atoms with Crippen molar-refractivity contribution in [2.75, 3.05) is 25.0 Å². The average molecular weight is 664 g/mol. The van der Waals surface area contributed by atoms with Crippen molar-refractivity contribution in [2.24, 2.45) is 11.8 Å². The number of fused-ring (bicyclic) bond motifs is 2. The third-order valence-electron chi connectivity index (χ3n) is 7.88. The minimum absolute atomic E-state index is 0.00912. The molecule has 1 aromatic carbocycles. The smallest absolute Gasteiger partial charge is 0.435 e. The average Bonchev–Trinajstić information content (AvgIpc) is 3.48. The lowest BCUT2D eigenvalue weighted by molar-refractivity contribution is -0.141. The first-order valence-corrected chi connectivity index (χ1v) is 14.5. The fourth-order valence-corrected chi connectivity index (χ4v) is 5.71. The fraction of sp³-hybridized carbons (Fsp3) is 0.379. The summed E-state index contributed by atoms with van der Waals surface area (Å²) in [5, 5.41) is 22.2. The summed E-state index contributed by atoms with van der Waals surface area (Å²) in [6, 6.07) is 5.14. The van der Waals surface area contributed by atoms with E-state index in [1.165, 1.54) is 23.0 Å². The van der Waals surface area contributed by atoms with Crippen molar-refractivity contribution in [1.82, 2.24) is 40.1 Å². The van der Waals surface area contributed by atoms with Crippen LogP contribution in [0.1, 0.15) is 28.5 Å². The Morgan fingerprint density at radius 1 is 1.19 bits per heavy atom. The molecule has 47 heavy (non-hydrogen) atoms. The van der Waals surface area contributed by atoms with E-state index in [9.17, 15) is 31.5 Å². The van der Waals surface area contributed by atoms with Crippen LogP contribution in [0.3, 0.4) is 0 Å². The van der Waals surface area contributed by atoms with Gasteiger partial charge in [-0.2, -0.15) is 18.3 Å². The van der Waals surface area contributed by atoms with Crippen LogP contribution in [-0.4, -0.2) is 79.6 Å². The molecule has 13 nitrogen and oxygen atoms in total. The normalized spacial score (nSPS) is 18.3. The number of amides is 2. The molecule has 0 spiro atoms. The number of piperidine rings is 1. The summed E-state index contributed by atoms with van der Waals surface area (Å²) in [4.78, 5) is 42.1. The van der Waals surface area contributed by atoms with Crippen molar-refractivity contribution in [3.63, 3.8) is 0 Å². The Hall–Kier alpha value is -5.13. The van der Waals surface area contributed by atoms with Crippen LogP contribution >= 0.6 is 0 Å². The van der Waals surface area contributed by atoms with Crippen LogP contribution in [-0.2, 0) is 28.7 Å². The zero-order valence-electron chi connectivity index (χ0n) is 24.8. The molecule has 2 unspecified atom stereocenters. The Bertz CT molecular complexity index is 1760. The predicted molar refractivity (Wildman–Crippen MR) is 157 cm³/mol. The Morgan fingerprint density at radius 3 is 2.57 bits per heavy atom. The number of alkyl halides is 5. The number of carbonyl (C=O) groups excluding carboxylic acids is 2. The molecule has 2 atom stereocenters. The van der Waals surface area contributed by atoms with Crippen LogP contribution in [0.15, 0.2) is 43.0 Å². The lowest BCUT2D eigenvalue weighted by Gasteiger charge is -2.13. The zero-order chi connectivity index (χ0) is 33.9. The highest BCUT2D eigenvalue weighted by Gasteiger charge is 2.53. The molecule has 1 saturated carbocycles. The Labute approximate surface area is 263 Å². The van der Waals surface area contributed by atoms with E-state index >= 15 is 0 Å². The second kappa shape index (κ2) is 13.7. The van der Waals surface area contributed by atoms with Gasteiger partial charge in [-0.25, -0.2) is 18.7 Å². The number of anilines is 2. The molecule has 2 amide bonds. The maximum atomic E-state index is 13.7. The van der Waals surface area contributed by atoms with Gasteiger partial charge in [0.2, 0.25) is 5.91 Å². The van der Waals surface area contributed by atoms with E-state index in [0.717, 1.165) is 19.3 Å². The van der Waals surface area contributed by atoms with Gasteiger partial charge in [0.15, 0.2) is 17.2 Å². The number of nitrogens with one attached hydrogen (secondary N) is 4. The summed E-state index contributed by atoms with van der Waals surface area (Å²) in [7, 11) is 0. The Morgan fingerprint density at radius 2 is 1.91 bits per heavy atom. The van der Waals surface area contributed by atoms with Crippen LogP contribution in [0.2, 0.25) is 0 Å². The molecule has 2 aliphatic rings. The Balaban J connectivity index is 0.00000139. The number of hydrogen-bond donors (Lipinski definition) is 5. The second-order valence-corrected chi connectivity index (χ2v) is 10.8. The SMILES string of the molecule is CCc1cc(Nc2nccn3c(-c4cn(CC(F)F)nc4C(F)(F)F)cnc23)ccc1C(=O)NCC(=O)NC1C2CNCC21.O=CO. The molecule has 4 heterocycles. The van der Waals surface area contributed by atoms with Gasteiger partial charge in [0.25, 0.3) is 18.8 Å². The number of carboxylic acid groups (broad SMARTS) is 1. The summed E-state index contributed by atoms with van der Waals surface area (Å²) in [5.41, 5.74) is 0.0792. The molecule has 1 aliphatic carbocycles. The van der Waals surface area contributed by atoms with Gasteiger partial charge in [-0.1, -0.05) is 6.92 Å². The van der Waals surface area contributed by atoms with Crippen LogP contribution in [0.5, 0.6) is 0 Å². The van der Waals surface area contributed by atoms with E-state index in [2.05, 4.69) is 36.3 Å². The first kappa shape index (κ1) is 33.2. The van der Waals surface area contributed by atoms with E-state index in [-0.39, 0.29) is 42.1 Å². The number of halogens is 5. The van der Waals surface area contributed by atoms with Gasteiger partial charge >= 0.3 is 6.18 Å². The predicted octanol–water partition coefficient (Wildman–Crippen LogP) is 2.95. The Kier molecular flexibility index (Phi) is 9.69. The maximum Gasteiger partial charge on any atom is 0.435 e. The van der Waals surface area contributed by atoms with E-state index in [1.54, 1.807) is 18.2 Å². The lowest BCUT2D eigenvalue weighted by Crippen LogP contribution is -2.40. The summed E-state index contributed by atoms with van der Waals surface area (Å²) in [6.45, 7) is 2.27. The highest BCUT2D eigenvalue weighted by molar-refractivity contribution is 5.98. The van der Waals surface area contributed by atoms with E-state index in [4.69, 9.17) is 9.90 Å². The third-order valence-corrected chi connectivity index (χ3v) is 7.88. The molecule has 4 aromatic rings. The monoisotopic (exact) mass is 663 g/mol. The zero-order valence-corrected chi connectivity index (χ0v) is 24.8. The lowest BCUT2D eigenvalue weighted by atomic mass is 10.0. The van der Waals surface area contributed by atoms with Crippen molar-refractivity contribution in [3.8, 4) is 11.3 Å². The van der Waals surface area contributed by atoms with Crippen LogP contribution in [0, 0.1) is 11.8 Å². The van der Waals surface area contributed by atoms with Crippen LogP contribution in [0.25, 0.3) is 16.9 Å². The van der Waals surface area contributed by atoms with Crippen molar-refractivity contribution in [3.05, 3.63) is 59.8 Å². The van der Waals surface area contributed by atoms with Crippen LogP contribution in [0.4, 0.5) is 33.5 Å². The fourth-order valence-electron chi connectivity index (χ4n) is 5.71. The molecule has 0 radical (unpaired) electrons. The highest BCUT2D eigenvalue weighted by atomic mass is 19.4. The maximum absolute atomic E-state index is 13.7. The summed E-state index contributed by atoms with van der Waals surface area (Å²) >= 11 is 0. The van der Waals surface area contributed by atoms with Gasteiger partial charge < -0.3 is 26.4 Å². The molecule has 1 saturated heterocycles. The van der Waals surface area contributed by atoms with Gasteiger partial charge in [0, 0.05) is 49.0 Å². The summed E-state index contributed by atoms with van der Waals surface area (Å²) in [6.07, 6.45) is -2.41. The van der Waals surface area contributed by atoms with Crippen molar-refractivity contribution >= 4 is 35.4 Å². The molecule has 18 heteroatoms. The van der Waals surface area contributed by atoms with Gasteiger partial charge in [-0.15, -0.1) is 0 Å². The first-order chi connectivity index (χ1) is 22.4. The standard InChI is InChI=1S/C28H28F5N9O2.CH2O2/c1-2-14-7-15(3-4-16(14)27(44)37-11-22(43)39-23-17-8-34-9-18(17)23)38-25-26-36-10-20(42(26)6-5-35-25)19-12-41(13-21(29)30)40-24(19)28(31,32)33;2-1-3/h3-7,10,12,17-18,21,23,34H,2,8-9,11,13H2,1H3,(H,35,38)(H,37,44)(H,39,43);1H,(H,2,3). The van der Waals surface area contributed by atoms with E-state index in [1.807, 2.05) is 6.92 Å². The molecular formula is C29H30F5N9O4. The molecular weight excluding hydrogens is 633 g/mol. The van der Waals surface area contributed by atoms with Crippen molar-refractivity contribution in [2.45, 2.75) is 38.5 Å². The molecule has 6 rings (SSSR count). The number of nitrogens with zero attached hydrogens (tertiary/aromatic N) is 5. The van der Waals surface area contributed by atoms with Crippen molar-refractivity contribution in [1.29, 1.82) is 0 Å². The molecule has 1 aliphatic heterocycles. The molecule has 250 valence electrons. The number of rotatable bonds is 10. The van der Waals surface area contributed by atoms with Gasteiger partial charge in [0.05, 0.1) is 24.0 Å². The first-order valence-electron chi connectivity index (χ1n) is 14.5. The molecule has 2 fully saturated rings. The highest BCUT2D eigenvalue weighted by Crippen LogP contribution is 2.41. The van der Waals surface area contributed by atoms with Gasteiger partial charge in [-0.05, 0) is 42.0 Å². The number of imidazole rings is 1. The number of aryl methyl sites for hydroxylation is 1. The van der Waals surface area contributed by atoms with Gasteiger partial charge in [-0.3, -0.25) is 23.5 Å². The summed E-state index contributed by atoms with van der Waals surface area (Å²) < 4.78 is 68.9. The summed E-state index contributed by atoms with van der Waals surface area (Å²) in [5.74, 6) is 0.501. The number of aromatic nitrogens is 5. The number of carbonyl (C=O) groups is 3. The van der Waals surface area contributed by atoms with Gasteiger partial charge in [0.1, 0.15) is 6.54 Å². The largest absolute Gasteiger partial charge is 0.483 e. The number of hydrogen-bond acceptors (Lipinski definition) is 8. The quantitative estimate of drug-likeness (QED) is 0.127. The minimum atomic E-state index is -4.89. The number of benzene rings is 1. The minimum Gasteiger partial charge on any atom is -0.483 e. The topological polar surface area (TPSA) is 168 Å². The van der Waals surface area contributed by atoms with E-state index in [0.29, 0.717) is 39.8 Å². The van der Waals surface area contributed by atoms with E-state index < -0.39 is 36.3 Å². The molecule has 3 aromatic heterocycles. The second-order valence-electron chi connectivity index (χ2n) is 10.8. The van der Waals surface area contributed by atoms with Crippen LogP contribution < -0.4 is 21.3 Å². The van der Waals surface area contributed by atoms with Crippen molar-refractivity contribution < 1.29 is 41.4 Å².